The predicted octanol–water partition coefficient (Wildman–Crippen LogP) is 5.20. The van der Waals surface area contributed by atoms with E-state index >= 15 is 0 Å². The lowest BCUT2D eigenvalue weighted by atomic mass is 10.0. The van der Waals surface area contributed by atoms with Gasteiger partial charge in [0.05, 0.1) is 10.4 Å². The smallest absolute Gasteiger partial charge is 0.294 e. The summed E-state index contributed by atoms with van der Waals surface area (Å²) in [7, 11) is 0. The van der Waals surface area contributed by atoms with Crippen LogP contribution >= 0.6 is 11.3 Å². The molecule has 1 nitrogen and oxygen atoms in total. The normalized spacial score (nSPS) is 11.7. The van der Waals surface area contributed by atoms with Crippen LogP contribution in [0.1, 0.15) is 34.6 Å². The predicted molar refractivity (Wildman–Crippen MR) is 74.1 cm³/mol. The summed E-state index contributed by atoms with van der Waals surface area (Å²) in [5.41, 5.74) is 0.734. The zero-order chi connectivity index (χ0) is 14.9. The van der Waals surface area contributed by atoms with Crippen molar-refractivity contribution in [2.45, 2.75) is 26.4 Å². The standard InChI is InChI=1S/C15H13F3OS/c1-3-10-4-5-11(15(16,17)18)8-12(10)14-7-6-13(20-14)9(2)19/h4-8H,3H2,1-2H3. The van der Waals surface area contributed by atoms with Crippen molar-refractivity contribution in [2.24, 2.45) is 0 Å². The summed E-state index contributed by atoms with van der Waals surface area (Å²) in [6, 6.07) is 7.12. The highest BCUT2D eigenvalue weighted by Crippen LogP contribution is 2.36. The van der Waals surface area contributed by atoms with Gasteiger partial charge < -0.3 is 0 Å². The Morgan fingerprint density at radius 1 is 1.20 bits per heavy atom. The first-order valence-electron chi connectivity index (χ1n) is 6.14. The van der Waals surface area contributed by atoms with Gasteiger partial charge in [0.2, 0.25) is 0 Å². The van der Waals surface area contributed by atoms with Crippen LogP contribution in [0.2, 0.25) is 0 Å². The van der Waals surface area contributed by atoms with Crippen molar-refractivity contribution in [3.05, 3.63) is 46.3 Å². The van der Waals surface area contributed by atoms with Crippen LogP contribution in [0.25, 0.3) is 10.4 Å². The monoisotopic (exact) mass is 298 g/mol. The number of ketones is 1. The van der Waals surface area contributed by atoms with Gasteiger partial charge in [-0.2, -0.15) is 13.2 Å². The Morgan fingerprint density at radius 2 is 1.90 bits per heavy atom. The number of rotatable bonds is 3. The van der Waals surface area contributed by atoms with Gasteiger partial charge in [0.15, 0.2) is 5.78 Å². The molecular weight excluding hydrogens is 285 g/mol. The Hall–Kier alpha value is -1.62. The maximum Gasteiger partial charge on any atom is 0.416 e. The van der Waals surface area contributed by atoms with E-state index in [-0.39, 0.29) is 5.78 Å². The molecule has 5 heteroatoms. The SMILES string of the molecule is CCc1ccc(C(F)(F)F)cc1-c1ccc(C(C)=O)s1. The van der Waals surface area contributed by atoms with Crippen LogP contribution in [0, 0.1) is 0 Å². The molecule has 0 aliphatic heterocycles. The molecule has 0 N–H and O–H groups in total. The lowest BCUT2D eigenvalue weighted by Gasteiger charge is -2.11. The number of thiophene rings is 1. The molecular formula is C15H13F3OS. The van der Waals surface area contributed by atoms with E-state index in [1.807, 2.05) is 6.92 Å². The maximum atomic E-state index is 12.8. The highest BCUT2D eigenvalue weighted by molar-refractivity contribution is 7.17. The summed E-state index contributed by atoms with van der Waals surface area (Å²) in [4.78, 5) is 12.5. The first-order valence-corrected chi connectivity index (χ1v) is 6.96. The fraction of sp³-hybridized carbons (Fsp3) is 0.267. The van der Waals surface area contributed by atoms with Gasteiger partial charge in [-0.15, -0.1) is 11.3 Å². The number of carbonyl (C=O) groups excluding carboxylic acids is 1. The molecule has 2 aromatic rings. The molecule has 1 heterocycles. The molecule has 2 rings (SSSR count). The van der Waals surface area contributed by atoms with Crippen LogP contribution in [0.15, 0.2) is 30.3 Å². The van der Waals surface area contributed by atoms with Crippen molar-refractivity contribution in [2.75, 3.05) is 0 Å². The van der Waals surface area contributed by atoms with Crippen LogP contribution in [-0.4, -0.2) is 5.78 Å². The molecule has 0 unspecified atom stereocenters. The lowest BCUT2D eigenvalue weighted by Crippen LogP contribution is -2.05. The van der Waals surface area contributed by atoms with Crippen LogP contribution in [0.3, 0.4) is 0 Å². The van der Waals surface area contributed by atoms with E-state index in [9.17, 15) is 18.0 Å². The molecule has 0 amide bonds. The quantitative estimate of drug-likeness (QED) is 0.712. The Labute approximate surface area is 119 Å². The van der Waals surface area contributed by atoms with Crippen molar-refractivity contribution in [1.82, 2.24) is 0 Å². The topological polar surface area (TPSA) is 17.1 Å². The number of hydrogen-bond donors (Lipinski definition) is 0. The van der Waals surface area contributed by atoms with Gasteiger partial charge in [0.25, 0.3) is 0 Å². The van der Waals surface area contributed by atoms with Crippen molar-refractivity contribution < 1.29 is 18.0 Å². The third kappa shape index (κ3) is 2.93. The Bertz CT molecular complexity index is 641. The number of halogens is 3. The molecule has 0 aliphatic carbocycles. The van der Waals surface area contributed by atoms with E-state index in [4.69, 9.17) is 0 Å². The maximum absolute atomic E-state index is 12.8. The van der Waals surface area contributed by atoms with Crippen LogP contribution in [0.4, 0.5) is 13.2 Å². The molecule has 1 aromatic heterocycles. The highest BCUT2D eigenvalue weighted by atomic mass is 32.1. The number of hydrogen-bond acceptors (Lipinski definition) is 2. The van der Waals surface area contributed by atoms with Gasteiger partial charge >= 0.3 is 6.18 Å². The minimum Gasteiger partial charge on any atom is -0.294 e. The molecule has 0 saturated carbocycles. The number of carbonyl (C=O) groups is 1. The minimum atomic E-state index is -4.36. The first kappa shape index (κ1) is 14.8. The Morgan fingerprint density at radius 3 is 2.40 bits per heavy atom. The third-order valence-corrected chi connectivity index (χ3v) is 4.26. The van der Waals surface area contributed by atoms with Crippen LogP contribution in [0.5, 0.6) is 0 Å². The summed E-state index contributed by atoms with van der Waals surface area (Å²) in [5.74, 6) is -0.0775. The third-order valence-electron chi connectivity index (χ3n) is 3.04. The van der Waals surface area contributed by atoms with Gasteiger partial charge in [0, 0.05) is 4.88 Å². The Balaban J connectivity index is 2.55. The summed E-state index contributed by atoms with van der Waals surface area (Å²) in [6.07, 6.45) is -3.72. The van der Waals surface area contributed by atoms with E-state index in [0.29, 0.717) is 21.7 Å². The number of benzene rings is 1. The molecule has 1 aromatic carbocycles. The van der Waals surface area contributed by atoms with Crippen molar-refractivity contribution in [3.63, 3.8) is 0 Å². The molecule has 0 fully saturated rings. The van der Waals surface area contributed by atoms with Gasteiger partial charge in [-0.3, -0.25) is 4.79 Å². The largest absolute Gasteiger partial charge is 0.416 e. The molecule has 0 bridgehead atoms. The number of Topliss-reactive ketones (excluding diaryl/α,β-unsaturated/α-hetero) is 1. The lowest BCUT2D eigenvalue weighted by molar-refractivity contribution is -0.137. The van der Waals surface area contributed by atoms with E-state index < -0.39 is 11.7 Å². The number of aryl methyl sites for hydroxylation is 1. The molecule has 0 saturated heterocycles. The summed E-state index contributed by atoms with van der Waals surface area (Å²) < 4.78 is 38.4. The van der Waals surface area contributed by atoms with Crippen molar-refractivity contribution in [3.8, 4) is 10.4 Å². The van der Waals surface area contributed by atoms with E-state index in [0.717, 1.165) is 17.7 Å². The zero-order valence-corrected chi connectivity index (χ0v) is 11.9. The Kier molecular flexibility index (Phi) is 3.99. The molecule has 106 valence electrons. The van der Waals surface area contributed by atoms with Gasteiger partial charge in [-0.1, -0.05) is 13.0 Å². The van der Waals surface area contributed by atoms with Crippen LogP contribution in [-0.2, 0) is 12.6 Å². The molecule has 0 radical (unpaired) electrons. The fourth-order valence-corrected chi connectivity index (χ4v) is 2.92. The van der Waals surface area contributed by atoms with Crippen molar-refractivity contribution in [1.29, 1.82) is 0 Å². The average Bonchev–Trinajstić information content (AvgIpc) is 2.86. The molecule has 0 atom stereocenters. The summed E-state index contributed by atoms with van der Waals surface area (Å²) in [6.45, 7) is 3.34. The van der Waals surface area contributed by atoms with E-state index in [1.54, 1.807) is 12.1 Å². The number of alkyl halides is 3. The first-order chi connectivity index (χ1) is 9.32. The van der Waals surface area contributed by atoms with Crippen molar-refractivity contribution >= 4 is 17.1 Å². The zero-order valence-electron chi connectivity index (χ0n) is 11.0. The molecule has 20 heavy (non-hydrogen) atoms. The van der Waals surface area contributed by atoms with E-state index in [1.165, 1.54) is 24.3 Å². The molecule has 0 aliphatic rings. The molecule has 0 spiro atoms. The fourth-order valence-electron chi connectivity index (χ4n) is 1.96. The summed E-state index contributed by atoms with van der Waals surface area (Å²) in [5, 5.41) is 0. The second kappa shape index (κ2) is 5.40. The second-order valence-corrected chi connectivity index (χ2v) is 5.53. The van der Waals surface area contributed by atoms with Gasteiger partial charge in [0.1, 0.15) is 0 Å². The van der Waals surface area contributed by atoms with Crippen LogP contribution < -0.4 is 0 Å². The second-order valence-electron chi connectivity index (χ2n) is 4.44. The highest BCUT2D eigenvalue weighted by Gasteiger charge is 2.31. The average molecular weight is 298 g/mol. The van der Waals surface area contributed by atoms with E-state index in [2.05, 4.69) is 0 Å². The minimum absolute atomic E-state index is 0.0775. The summed E-state index contributed by atoms with van der Waals surface area (Å²) >= 11 is 1.23. The van der Waals surface area contributed by atoms with Gasteiger partial charge in [-0.25, -0.2) is 0 Å². The van der Waals surface area contributed by atoms with Gasteiger partial charge in [-0.05, 0) is 48.7 Å².